The second kappa shape index (κ2) is 9.24. The summed E-state index contributed by atoms with van der Waals surface area (Å²) in [5.41, 5.74) is 0. The summed E-state index contributed by atoms with van der Waals surface area (Å²) >= 11 is 6.02. The second-order valence-electron chi connectivity index (χ2n) is 9.06. The molecule has 2 aromatic rings. The van der Waals surface area contributed by atoms with E-state index in [2.05, 4.69) is 0 Å². The number of hydrogen-bond donors (Lipinski definition) is 0. The Morgan fingerprint density at radius 3 is 2.52 bits per heavy atom. The number of carbonyl (C=O) groups is 2. The van der Waals surface area contributed by atoms with Crippen LogP contribution in [0.1, 0.15) is 39.5 Å². The molecule has 0 unspecified atom stereocenters. The first-order valence-electron chi connectivity index (χ1n) is 11.4. The fraction of sp³-hybridized carbons (Fsp3) is 0.500. The monoisotopic (exact) mass is 491 g/mol. The van der Waals surface area contributed by atoms with Crippen molar-refractivity contribution in [3.8, 4) is 0 Å². The number of sulfonamides is 1. The van der Waals surface area contributed by atoms with Crippen molar-refractivity contribution in [1.29, 1.82) is 0 Å². The van der Waals surface area contributed by atoms with Gasteiger partial charge in [0.1, 0.15) is 12.1 Å². The predicted octanol–water partition coefficient (Wildman–Crippen LogP) is 3.50. The quantitative estimate of drug-likeness (QED) is 0.641. The maximum atomic E-state index is 13.3. The van der Waals surface area contributed by atoms with Crippen LogP contribution < -0.4 is 0 Å². The molecule has 33 heavy (non-hydrogen) atoms. The lowest BCUT2D eigenvalue weighted by Gasteiger charge is -2.37. The van der Waals surface area contributed by atoms with E-state index in [9.17, 15) is 18.0 Å². The molecule has 2 aromatic carbocycles. The Kier molecular flexibility index (Phi) is 6.71. The number of piperidine rings is 1. The van der Waals surface area contributed by atoms with E-state index >= 15 is 0 Å². The Hall–Kier alpha value is -2.16. The molecule has 7 nitrogen and oxygen atoms in total. The summed E-state index contributed by atoms with van der Waals surface area (Å²) in [6, 6.07) is 8.83. The molecule has 0 aliphatic carbocycles. The molecule has 2 amide bonds. The van der Waals surface area contributed by atoms with Crippen LogP contribution in [0.15, 0.2) is 41.3 Å². The molecule has 0 aromatic heterocycles. The number of halogens is 1. The largest absolute Gasteiger partial charge is 0.338 e. The van der Waals surface area contributed by atoms with Gasteiger partial charge in [-0.05, 0) is 74.6 Å². The minimum Gasteiger partial charge on any atom is -0.338 e. The van der Waals surface area contributed by atoms with E-state index in [1.807, 2.05) is 11.8 Å². The number of fused-ring (bicyclic) bond motifs is 1. The van der Waals surface area contributed by atoms with Crippen LogP contribution in [0.2, 0.25) is 5.02 Å². The number of hydrogen-bond acceptors (Lipinski definition) is 4. The maximum Gasteiger partial charge on any atom is 0.245 e. The number of amides is 2. The van der Waals surface area contributed by atoms with Crippen molar-refractivity contribution in [3.05, 3.63) is 41.4 Å². The number of likely N-dealkylation sites (N-methyl/N-ethyl adjacent to an activating group) is 1. The molecule has 4 rings (SSSR count). The molecule has 2 fully saturated rings. The molecule has 9 heteroatoms. The lowest BCUT2D eigenvalue weighted by Crippen LogP contribution is -2.53. The third kappa shape index (κ3) is 4.48. The Bertz CT molecular complexity index is 1190. The number of likely N-dealkylation sites (tertiary alicyclic amines) is 2. The molecule has 0 N–H and O–H groups in total. The Balaban J connectivity index is 1.51. The van der Waals surface area contributed by atoms with Gasteiger partial charge in [0, 0.05) is 31.2 Å². The minimum atomic E-state index is -3.90. The Morgan fingerprint density at radius 1 is 1.09 bits per heavy atom. The van der Waals surface area contributed by atoms with E-state index in [-0.39, 0.29) is 22.8 Å². The van der Waals surface area contributed by atoms with E-state index < -0.39 is 22.1 Å². The summed E-state index contributed by atoms with van der Waals surface area (Å²) in [7, 11) is -2.46. The van der Waals surface area contributed by atoms with E-state index in [1.165, 1.54) is 18.0 Å². The van der Waals surface area contributed by atoms with Crippen molar-refractivity contribution < 1.29 is 18.0 Å². The van der Waals surface area contributed by atoms with Crippen LogP contribution in [-0.2, 0) is 19.6 Å². The van der Waals surface area contributed by atoms with Crippen molar-refractivity contribution in [1.82, 2.24) is 14.1 Å². The van der Waals surface area contributed by atoms with Gasteiger partial charge in [-0.2, -0.15) is 4.31 Å². The number of nitrogens with zero attached hydrogens (tertiary/aromatic N) is 3. The van der Waals surface area contributed by atoms with E-state index in [0.717, 1.165) is 34.3 Å². The zero-order valence-corrected chi connectivity index (χ0v) is 20.8. The first-order chi connectivity index (χ1) is 15.6. The second-order valence-corrected chi connectivity index (χ2v) is 11.5. The van der Waals surface area contributed by atoms with Crippen LogP contribution in [0.25, 0.3) is 10.8 Å². The average Bonchev–Trinajstić information content (AvgIpc) is 3.18. The third-order valence-electron chi connectivity index (χ3n) is 7.01. The molecule has 178 valence electrons. The van der Waals surface area contributed by atoms with Crippen LogP contribution in [0.4, 0.5) is 0 Å². The van der Waals surface area contributed by atoms with Gasteiger partial charge in [-0.25, -0.2) is 8.42 Å². The molecule has 0 bridgehead atoms. The average molecular weight is 492 g/mol. The number of benzene rings is 2. The smallest absolute Gasteiger partial charge is 0.245 e. The summed E-state index contributed by atoms with van der Waals surface area (Å²) in [5.74, 6) is -0.381. The summed E-state index contributed by atoms with van der Waals surface area (Å²) in [5, 5.41) is 2.17. The van der Waals surface area contributed by atoms with Crippen LogP contribution in [-0.4, -0.2) is 72.6 Å². The first kappa shape index (κ1) is 24.0. The highest BCUT2D eigenvalue weighted by Gasteiger charge is 2.43. The van der Waals surface area contributed by atoms with Gasteiger partial charge in [0.05, 0.1) is 4.90 Å². The first-order valence-corrected chi connectivity index (χ1v) is 13.2. The van der Waals surface area contributed by atoms with Crippen molar-refractivity contribution in [2.75, 3.05) is 20.1 Å². The number of carbonyl (C=O) groups excluding carboxylic acids is 2. The zero-order valence-electron chi connectivity index (χ0n) is 19.2. The number of rotatable bonds is 5. The Morgan fingerprint density at radius 2 is 1.79 bits per heavy atom. The fourth-order valence-electron chi connectivity index (χ4n) is 4.90. The Labute approximate surface area is 200 Å². The van der Waals surface area contributed by atoms with E-state index in [0.29, 0.717) is 24.5 Å². The molecule has 2 aliphatic heterocycles. The van der Waals surface area contributed by atoms with Crippen LogP contribution in [0.3, 0.4) is 0 Å². The van der Waals surface area contributed by atoms with E-state index in [4.69, 9.17) is 11.6 Å². The molecule has 2 saturated heterocycles. The highest BCUT2D eigenvalue weighted by molar-refractivity contribution is 7.89. The summed E-state index contributed by atoms with van der Waals surface area (Å²) < 4.78 is 27.8. The van der Waals surface area contributed by atoms with Gasteiger partial charge in [0.2, 0.25) is 21.8 Å². The van der Waals surface area contributed by atoms with Crippen molar-refractivity contribution in [3.63, 3.8) is 0 Å². The standard InChI is InChI=1S/C24H30ClN3O4S/c1-16-6-4-5-12-27(16)23(29)17(2)28-13-11-22(24(28)30)26(3)33(31,32)21-10-8-18-14-20(25)9-7-19(18)15-21/h7-10,14-17,22H,4-6,11-13H2,1-3H3/t16-,17-,22-/m1/s1. The summed E-state index contributed by atoms with van der Waals surface area (Å²) in [6.45, 7) is 4.84. The van der Waals surface area contributed by atoms with Crippen molar-refractivity contribution in [2.24, 2.45) is 0 Å². The lowest BCUT2D eigenvalue weighted by atomic mass is 10.0. The molecule has 3 atom stereocenters. The van der Waals surface area contributed by atoms with Gasteiger partial charge in [-0.15, -0.1) is 0 Å². The zero-order chi connectivity index (χ0) is 23.9. The van der Waals surface area contributed by atoms with Gasteiger partial charge in [-0.1, -0.05) is 23.7 Å². The summed E-state index contributed by atoms with van der Waals surface area (Å²) in [6.07, 6.45) is 3.39. The molecular weight excluding hydrogens is 462 g/mol. The van der Waals surface area contributed by atoms with Crippen LogP contribution in [0, 0.1) is 0 Å². The predicted molar refractivity (Wildman–Crippen MR) is 129 cm³/mol. The normalized spacial score (nSPS) is 22.9. The van der Waals surface area contributed by atoms with Crippen LogP contribution >= 0.6 is 11.6 Å². The molecule has 0 radical (unpaired) electrons. The third-order valence-corrected chi connectivity index (χ3v) is 9.11. The molecule has 2 aliphatic rings. The fourth-order valence-corrected chi connectivity index (χ4v) is 6.46. The molecule has 0 saturated carbocycles. The van der Waals surface area contributed by atoms with Gasteiger partial charge in [0.15, 0.2) is 0 Å². The minimum absolute atomic E-state index is 0.0603. The molecule has 0 spiro atoms. The summed E-state index contributed by atoms with van der Waals surface area (Å²) in [4.78, 5) is 29.8. The van der Waals surface area contributed by atoms with Gasteiger partial charge in [-0.3, -0.25) is 9.59 Å². The van der Waals surface area contributed by atoms with Gasteiger partial charge in [0.25, 0.3) is 0 Å². The maximum absolute atomic E-state index is 13.3. The molecular formula is C24H30ClN3O4S. The van der Waals surface area contributed by atoms with Crippen molar-refractivity contribution >= 4 is 44.2 Å². The van der Waals surface area contributed by atoms with Gasteiger partial charge >= 0.3 is 0 Å². The lowest BCUT2D eigenvalue weighted by molar-refractivity contribution is -0.146. The van der Waals surface area contributed by atoms with Gasteiger partial charge < -0.3 is 9.80 Å². The highest BCUT2D eigenvalue weighted by Crippen LogP contribution is 2.28. The topological polar surface area (TPSA) is 78.0 Å². The molecule has 2 heterocycles. The SMILES string of the molecule is C[C@@H]1CCCCN1C(=O)[C@@H](C)N1CC[C@@H](N(C)S(=O)(=O)c2ccc3cc(Cl)ccc3c2)C1=O. The highest BCUT2D eigenvalue weighted by atomic mass is 35.5. The van der Waals surface area contributed by atoms with Crippen LogP contribution in [0.5, 0.6) is 0 Å². The van der Waals surface area contributed by atoms with E-state index in [1.54, 1.807) is 37.3 Å². The van der Waals surface area contributed by atoms with Crippen molar-refractivity contribution in [2.45, 2.75) is 62.6 Å².